The van der Waals surface area contributed by atoms with E-state index in [0.717, 1.165) is 23.1 Å². The van der Waals surface area contributed by atoms with Gasteiger partial charge in [0.15, 0.2) is 10.6 Å². The molecule has 0 atom stereocenters. The number of aromatic nitrogens is 4. The normalized spacial score (nSPS) is 16.5. The first-order valence-corrected chi connectivity index (χ1v) is 7.31. The second-order valence-corrected chi connectivity index (χ2v) is 5.85. The number of nitrogens with zero attached hydrogens (tertiary/aromatic N) is 4. The van der Waals surface area contributed by atoms with Crippen LogP contribution in [0.5, 0.6) is 0 Å². The first-order valence-electron chi connectivity index (χ1n) is 6.02. The summed E-state index contributed by atoms with van der Waals surface area (Å²) >= 11 is 6.80. The van der Waals surface area contributed by atoms with Gasteiger partial charge in [0, 0.05) is 12.4 Å². The topological polar surface area (TPSA) is 49.7 Å². The van der Waals surface area contributed by atoms with Crippen LogP contribution in [-0.4, -0.2) is 37.7 Å². The van der Waals surface area contributed by atoms with Gasteiger partial charge in [-0.25, -0.2) is 4.98 Å². The van der Waals surface area contributed by atoms with E-state index < -0.39 is 0 Å². The molecule has 0 saturated carbocycles. The van der Waals surface area contributed by atoms with E-state index >= 15 is 0 Å². The van der Waals surface area contributed by atoms with Gasteiger partial charge in [-0.15, -0.1) is 11.3 Å². The van der Waals surface area contributed by atoms with Crippen molar-refractivity contribution in [2.45, 2.75) is 19.4 Å². The van der Waals surface area contributed by atoms with Crippen LogP contribution in [-0.2, 0) is 13.6 Å². The molecule has 1 N–H and O–H groups in total. The Bertz CT molecular complexity index is 591. The minimum atomic E-state index is 0.624. The van der Waals surface area contributed by atoms with Crippen LogP contribution in [0, 0.1) is 4.77 Å². The summed E-state index contributed by atoms with van der Waals surface area (Å²) in [6.45, 7) is 3.35. The number of thiazole rings is 1. The van der Waals surface area contributed by atoms with Crippen LogP contribution in [0.1, 0.15) is 17.8 Å². The van der Waals surface area contributed by atoms with Gasteiger partial charge in [-0.05, 0) is 38.1 Å². The SMILES string of the molecule is Cn1c(-c2csc(CN3CCCC3)n2)n[nH]c1=S. The van der Waals surface area contributed by atoms with Crippen LogP contribution < -0.4 is 0 Å². The van der Waals surface area contributed by atoms with Crippen molar-refractivity contribution in [3.05, 3.63) is 15.2 Å². The van der Waals surface area contributed by atoms with E-state index in [-0.39, 0.29) is 0 Å². The molecule has 1 aliphatic rings. The van der Waals surface area contributed by atoms with Gasteiger partial charge in [-0.2, -0.15) is 5.10 Å². The zero-order valence-corrected chi connectivity index (χ0v) is 11.9. The summed E-state index contributed by atoms with van der Waals surface area (Å²) in [5.74, 6) is 0.809. The van der Waals surface area contributed by atoms with Crippen LogP contribution in [0.25, 0.3) is 11.5 Å². The number of hydrogen-bond acceptors (Lipinski definition) is 5. The van der Waals surface area contributed by atoms with Gasteiger partial charge in [-0.3, -0.25) is 10.00 Å². The minimum absolute atomic E-state index is 0.624. The van der Waals surface area contributed by atoms with E-state index in [9.17, 15) is 0 Å². The lowest BCUT2D eigenvalue weighted by molar-refractivity contribution is 0.331. The summed E-state index contributed by atoms with van der Waals surface area (Å²) in [7, 11) is 1.90. The molecule has 0 spiro atoms. The second-order valence-electron chi connectivity index (χ2n) is 4.52. The van der Waals surface area contributed by atoms with Crippen LogP contribution in [0.4, 0.5) is 0 Å². The standard InChI is InChI=1S/C11H15N5S2/c1-15-10(13-14-11(15)17)8-7-18-9(12-8)6-16-4-2-3-5-16/h7H,2-6H2,1H3,(H,14,17). The Balaban J connectivity index is 1.80. The van der Waals surface area contributed by atoms with Crippen molar-refractivity contribution in [2.75, 3.05) is 13.1 Å². The highest BCUT2D eigenvalue weighted by Gasteiger charge is 2.15. The maximum absolute atomic E-state index is 5.11. The summed E-state index contributed by atoms with van der Waals surface area (Å²) < 4.78 is 2.48. The highest BCUT2D eigenvalue weighted by Crippen LogP contribution is 2.21. The van der Waals surface area contributed by atoms with E-state index in [1.54, 1.807) is 11.3 Å². The highest BCUT2D eigenvalue weighted by molar-refractivity contribution is 7.71. The molecule has 7 heteroatoms. The van der Waals surface area contributed by atoms with Crippen molar-refractivity contribution in [2.24, 2.45) is 7.05 Å². The molecule has 2 aromatic heterocycles. The lowest BCUT2D eigenvalue weighted by Crippen LogP contribution is -2.18. The molecule has 18 heavy (non-hydrogen) atoms. The fourth-order valence-electron chi connectivity index (χ4n) is 2.19. The number of hydrogen-bond donors (Lipinski definition) is 1. The van der Waals surface area contributed by atoms with Crippen molar-refractivity contribution < 1.29 is 0 Å². The van der Waals surface area contributed by atoms with E-state index in [0.29, 0.717) is 4.77 Å². The molecule has 1 aliphatic heterocycles. The largest absolute Gasteiger partial charge is 0.302 e. The van der Waals surface area contributed by atoms with Crippen LogP contribution in [0.3, 0.4) is 0 Å². The fourth-order valence-corrected chi connectivity index (χ4v) is 3.14. The highest BCUT2D eigenvalue weighted by atomic mass is 32.1. The smallest absolute Gasteiger partial charge is 0.195 e. The van der Waals surface area contributed by atoms with E-state index in [4.69, 9.17) is 12.2 Å². The molecule has 0 bridgehead atoms. The summed E-state index contributed by atoms with van der Waals surface area (Å²) in [5.41, 5.74) is 0.907. The number of rotatable bonds is 3. The Kier molecular flexibility index (Phi) is 3.27. The number of nitrogens with one attached hydrogen (secondary N) is 1. The van der Waals surface area contributed by atoms with Crippen molar-refractivity contribution in [3.8, 4) is 11.5 Å². The Hall–Kier alpha value is -1.05. The molecule has 0 aliphatic carbocycles. The van der Waals surface area contributed by atoms with Crippen molar-refractivity contribution in [3.63, 3.8) is 0 Å². The molecule has 3 heterocycles. The summed E-state index contributed by atoms with van der Waals surface area (Å²) in [5, 5.41) is 10.2. The molecule has 0 radical (unpaired) electrons. The van der Waals surface area contributed by atoms with Gasteiger partial charge in [0.2, 0.25) is 0 Å². The van der Waals surface area contributed by atoms with E-state index in [1.807, 2.05) is 11.6 Å². The molecule has 1 fully saturated rings. The monoisotopic (exact) mass is 281 g/mol. The molecule has 5 nitrogen and oxygen atoms in total. The first kappa shape index (κ1) is 12.0. The third-order valence-corrected chi connectivity index (χ3v) is 4.42. The minimum Gasteiger partial charge on any atom is -0.302 e. The zero-order valence-electron chi connectivity index (χ0n) is 10.2. The number of aromatic amines is 1. The quantitative estimate of drug-likeness (QED) is 0.876. The third-order valence-electron chi connectivity index (χ3n) is 3.22. The molecule has 2 aromatic rings. The zero-order chi connectivity index (χ0) is 12.5. The van der Waals surface area contributed by atoms with Crippen molar-refractivity contribution >= 4 is 23.6 Å². The van der Waals surface area contributed by atoms with Gasteiger partial charge in [-0.1, -0.05) is 0 Å². The summed E-state index contributed by atoms with van der Waals surface area (Å²) in [6, 6.07) is 0. The van der Waals surface area contributed by atoms with Gasteiger partial charge in [0.05, 0.1) is 6.54 Å². The van der Waals surface area contributed by atoms with Crippen LogP contribution in [0.15, 0.2) is 5.38 Å². The predicted molar refractivity (Wildman–Crippen MR) is 74.0 cm³/mol. The molecular weight excluding hydrogens is 266 g/mol. The molecule has 96 valence electrons. The van der Waals surface area contributed by atoms with Gasteiger partial charge in [0.25, 0.3) is 0 Å². The molecule has 3 rings (SSSR count). The fraction of sp³-hybridized carbons (Fsp3) is 0.545. The number of H-pyrrole nitrogens is 1. The maximum atomic E-state index is 5.11. The summed E-state index contributed by atoms with van der Waals surface area (Å²) in [4.78, 5) is 7.10. The first-order chi connectivity index (χ1) is 8.74. The van der Waals surface area contributed by atoms with Gasteiger partial charge in [0.1, 0.15) is 10.7 Å². The lowest BCUT2D eigenvalue weighted by atomic mass is 10.4. The average molecular weight is 281 g/mol. The molecule has 1 saturated heterocycles. The molecular formula is C11H15N5S2. The van der Waals surface area contributed by atoms with E-state index in [1.165, 1.54) is 25.9 Å². The average Bonchev–Trinajstić information content (AvgIpc) is 3.05. The van der Waals surface area contributed by atoms with Crippen molar-refractivity contribution in [1.82, 2.24) is 24.6 Å². The van der Waals surface area contributed by atoms with E-state index in [2.05, 4.69) is 25.5 Å². The molecule has 0 aromatic carbocycles. The Morgan fingerprint density at radius 2 is 2.22 bits per heavy atom. The van der Waals surface area contributed by atoms with Gasteiger partial charge >= 0.3 is 0 Å². The van der Waals surface area contributed by atoms with Crippen LogP contribution in [0.2, 0.25) is 0 Å². The maximum Gasteiger partial charge on any atom is 0.195 e. The van der Waals surface area contributed by atoms with Crippen LogP contribution >= 0.6 is 23.6 Å². The van der Waals surface area contributed by atoms with Crippen molar-refractivity contribution in [1.29, 1.82) is 0 Å². The molecule has 0 unspecified atom stereocenters. The Morgan fingerprint density at radius 1 is 1.44 bits per heavy atom. The summed E-state index contributed by atoms with van der Waals surface area (Å²) in [6.07, 6.45) is 2.62. The van der Waals surface area contributed by atoms with Gasteiger partial charge < -0.3 is 4.57 Å². The Labute approximate surface area is 114 Å². The predicted octanol–water partition coefficient (Wildman–Crippen LogP) is 2.20. The third kappa shape index (κ3) is 2.25. The lowest BCUT2D eigenvalue weighted by Gasteiger charge is -2.11. The Morgan fingerprint density at radius 3 is 2.89 bits per heavy atom. The second kappa shape index (κ2) is 4.91. The molecule has 0 amide bonds. The number of likely N-dealkylation sites (tertiary alicyclic amines) is 1.